The van der Waals surface area contributed by atoms with Crippen molar-refractivity contribution in [1.82, 2.24) is 0 Å². The van der Waals surface area contributed by atoms with Gasteiger partial charge in [0.2, 0.25) is 0 Å². The summed E-state index contributed by atoms with van der Waals surface area (Å²) in [5.74, 6) is 0. The Morgan fingerprint density at radius 3 is 1.21 bits per heavy atom. The molecule has 0 fully saturated rings. The van der Waals surface area contributed by atoms with Gasteiger partial charge in [0, 0.05) is 12.1 Å². The van der Waals surface area contributed by atoms with Gasteiger partial charge in [-0.15, -0.1) is 13.1 Å². The summed E-state index contributed by atoms with van der Waals surface area (Å²) in [5, 5.41) is 4.68. The van der Waals surface area contributed by atoms with Crippen LogP contribution in [0, 0.1) is 41.5 Å². The predicted octanol–water partition coefficient (Wildman–Crippen LogP) is 5.99. The van der Waals surface area contributed by atoms with Crippen LogP contribution in [0.25, 0.3) is 5.32 Å². The van der Waals surface area contributed by atoms with Crippen LogP contribution < -0.4 is 11.5 Å². The van der Waals surface area contributed by atoms with Crippen molar-refractivity contribution in [2.45, 2.75) is 53.6 Å². The van der Waals surface area contributed by atoms with Crippen molar-refractivity contribution < 1.29 is 15.9 Å². The van der Waals surface area contributed by atoms with E-state index in [-0.39, 0.29) is 12.1 Å². The Morgan fingerprint density at radius 2 is 0.964 bits per heavy atom. The van der Waals surface area contributed by atoms with Gasteiger partial charge in [-0.25, -0.2) is 0 Å². The Kier molecular flexibility index (Phi) is 11.2. The van der Waals surface area contributed by atoms with E-state index < -0.39 is 15.9 Å². The summed E-state index contributed by atoms with van der Waals surface area (Å²) in [6.07, 6.45) is 0. The van der Waals surface area contributed by atoms with Crippen molar-refractivity contribution in [3.63, 3.8) is 0 Å². The van der Waals surface area contributed by atoms with Gasteiger partial charge in [-0.3, -0.25) is 0 Å². The molecule has 0 aliphatic carbocycles. The molecular weight excluding hydrogens is 563 g/mol. The molecule has 6 heteroatoms. The van der Waals surface area contributed by atoms with Gasteiger partial charge in [-0.1, -0.05) is 35.4 Å². The van der Waals surface area contributed by atoms with Crippen LogP contribution in [0.1, 0.15) is 56.6 Å². The zero-order valence-electron chi connectivity index (χ0n) is 17.6. The first-order valence-electron chi connectivity index (χ1n) is 9.29. The molecule has 0 aliphatic heterocycles. The number of nitrogens with zero attached hydrogens (tertiary/aromatic N) is 1. The maximum atomic E-state index is 6.42. The van der Waals surface area contributed by atoms with Crippen LogP contribution in [0.2, 0.25) is 0 Å². The quantitative estimate of drug-likeness (QED) is 0.431. The average Bonchev–Trinajstić information content (AvgIpc) is 2.53. The topological polar surface area (TPSA) is 66.1 Å². The Morgan fingerprint density at radius 1 is 0.714 bits per heavy atom. The Labute approximate surface area is 186 Å². The minimum atomic E-state index is -0.722. The standard InChI is InChI=1S/C22H32N3.2ClH.Re/c1-13-7-15(3)21(16(4)8-13)19(23)11-25-12-20(24)22-17(5)9-14(2)10-18(22)6;;;/h7-10,19-20H,11-12,23-24H2,1-6H3;2*1H;/q-1;;;+2/p-2. The first-order chi connectivity index (χ1) is 13.1. The van der Waals surface area contributed by atoms with Gasteiger partial charge in [-0.2, -0.15) is 0 Å². The first kappa shape index (κ1) is 25.6. The van der Waals surface area contributed by atoms with Crippen LogP contribution in [-0.2, 0) is 15.9 Å². The van der Waals surface area contributed by atoms with Crippen LogP contribution in [0.5, 0.6) is 0 Å². The summed E-state index contributed by atoms with van der Waals surface area (Å²) in [6, 6.07) is 8.60. The Bertz CT molecular complexity index is 671. The molecule has 4 N–H and O–H groups in total. The van der Waals surface area contributed by atoms with Gasteiger partial charge < -0.3 is 16.8 Å². The molecule has 0 saturated heterocycles. The fraction of sp³-hybridized carbons (Fsp3) is 0.455. The van der Waals surface area contributed by atoms with E-state index in [1.54, 1.807) is 0 Å². The Balaban J connectivity index is 0.00000122. The second kappa shape index (κ2) is 12.3. The van der Waals surface area contributed by atoms with Gasteiger partial charge in [0.1, 0.15) is 0 Å². The molecule has 0 saturated carbocycles. The Hall–Kier alpha value is -0.438. The molecule has 0 amide bonds. The van der Waals surface area contributed by atoms with Gasteiger partial charge >= 0.3 is 35.0 Å². The minimum absolute atomic E-state index is 0.0759. The number of hydrogen-bond donors (Lipinski definition) is 2. The number of halogens is 2. The molecule has 3 nitrogen and oxygen atoms in total. The van der Waals surface area contributed by atoms with E-state index in [0.29, 0.717) is 13.1 Å². The molecule has 157 valence electrons. The molecule has 0 aliphatic rings. The van der Waals surface area contributed by atoms with Gasteiger partial charge in [-0.05, 0) is 74.9 Å². The number of benzene rings is 2. The van der Waals surface area contributed by atoms with E-state index in [4.69, 9.17) is 30.5 Å². The molecule has 2 aromatic carbocycles. The number of nitrogens with two attached hydrogens (primary N) is 2. The van der Waals surface area contributed by atoms with E-state index in [1.807, 2.05) is 0 Å². The van der Waals surface area contributed by atoms with E-state index >= 15 is 0 Å². The van der Waals surface area contributed by atoms with Gasteiger partial charge in [0.25, 0.3) is 0 Å². The van der Waals surface area contributed by atoms with Crippen LogP contribution in [0.15, 0.2) is 24.3 Å². The van der Waals surface area contributed by atoms with Crippen molar-refractivity contribution in [3.05, 3.63) is 74.1 Å². The normalized spacial score (nSPS) is 12.9. The van der Waals surface area contributed by atoms with Crippen molar-refractivity contribution in [3.8, 4) is 0 Å². The molecule has 0 aromatic heterocycles. The first-order valence-corrected chi connectivity index (χ1v) is 16.0. The molecule has 2 aromatic rings. The summed E-state index contributed by atoms with van der Waals surface area (Å²) in [7, 11) is 9.83. The predicted molar refractivity (Wildman–Crippen MR) is 120 cm³/mol. The maximum absolute atomic E-state index is 6.42. The van der Waals surface area contributed by atoms with Crippen molar-refractivity contribution in [2.75, 3.05) is 13.1 Å². The van der Waals surface area contributed by atoms with Gasteiger partial charge in [0.15, 0.2) is 0 Å². The summed E-state index contributed by atoms with van der Waals surface area (Å²) >= 11 is -0.722. The van der Waals surface area contributed by atoms with E-state index in [0.717, 1.165) is 0 Å². The molecule has 28 heavy (non-hydrogen) atoms. The molecule has 0 heterocycles. The van der Waals surface area contributed by atoms with E-state index in [1.165, 1.54) is 44.5 Å². The zero-order valence-corrected chi connectivity index (χ0v) is 21.8. The third kappa shape index (κ3) is 7.43. The number of aryl methyl sites for hydroxylation is 6. The van der Waals surface area contributed by atoms with Crippen molar-refractivity contribution in [1.29, 1.82) is 0 Å². The molecule has 2 atom stereocenters. The molecular formula is C22H32Cl2N3Re-. The number of rotatable bonds is 6. The zero-order chi connectivity index (χ0) is 21.4. The summed E-state index contributed by atoms with van der Waals surface area (Å²) in [5.41, 5.74) is 22.8. The number of hydrogen-bond acceptors (Lipinski definition) is 2. The molecule has 2 rings (SSSR count). The fourth-order valence-electron chi connectivity index (χ4n) is 4.09. The third-order valence-corrected chi connectivity index (χ3v) is 4.87. The molecule has 0 bridgehead atoms. The average molecular weight is 596 g/mol. The fourth-order valence-corrected chi connectivity index (χ4v) is 4.09. The van der Waals surface area contributed by atoms with Gasteiger partial charge in [0.05, 0.1) is 0 Å². The van der Waals surface area contributed by atoms with E-state index in [9.17, 15) is 0 Å². The SMILES string of the molecule is Cc1cc(C)c(C(N)C[N-]CC(N)c2c(C)cc(C)cc2C)c(C)c1.[Cl][Re][Cl]. The second-order valence-electron chi connectivity index (χ2n) is 7.48. The molecule has 2 unspecified atom stereocenters. The monoisotopic (exact) mass is 595 g/mol. The van der Waals surface area contributed by atoms with Crippen LogP contribution in [0.3, 0.4) is 0 Å². The van der Waals surface area contributed by atoms with Crippen molar-refractivity contribution in [2.24, 2.45) is 11.5 Å². The molecule has 0 spiro atoms. The van der Waals surface area contributed by atoms with Crippen LogP contribution in [0.4, 0.5) is 0 Å². The van der Waals surface area contributed by atoms with Crippen molar-refractivity contribution >= 4 is 19.1 Å². The summed E-state index contributed by atoms with van der Waals surface area (Å²) < 4.78 is 0. The third-order valence-electron chi connectivity index (χ3n) is 4.87. The summed E-state index contributed by atoms with van der Waals surface area (Å²) in [6.45, 7) is 13.9. The summed E-state index contributed by atoms with van der Waals surface area (Å²) in [4.78, 5) is 0. The molecule has 0 radical (unpaired) electrons. The second-order valence-corrected chi connectivity index (χ2v) is 11.4. The van der Waals surface area contributed by atoms with E-state index in [2.05, 4.69) is 71.1 Å². The van der Waals surface area contributed by atoms with Crippen LogP contribution in [-0.4, -0.2) is 13.1 Å². The van der Waals surface area contributed by atoms with Crippen LogP contribution >= 0.6 is 19.1 Å².